The molecule has 0 saturated carbocycles. The topological polar surface area (TPSA) is 68.0 Å². The fourth-order valence-corrected chi connectivity index (χ4v) is 1.79. The minimum Gasteiger partial charge on any atom is -0.354 e. The molecular formula is C15H19N3O2. The Labute approximate surface area is 118 Å². The molecule has 2 rings (SSSR count). The van der Waals surface area contributed by atoms with Crippen LogP contribution in [0.5, 0.6) is 0 Å². The van der Waals surface area contributed by atoms with Gasteiger partial charge in [-0.15, -0.1) is 0 Å². The molecule has 0 fully saturated rings. The van der Waals surface area contributed by atoms with Gasteiger partial charge in [0.2, 0.25) is 17.6 Å². The first kappa shape index (κ1) is 14.2. The highest BCUT2D eigenvalue weighted by atomic mass is 16.5. The zero-order chi connectivity index (χ0) is 14.5. The number of nitrogens with one attached hydrogen (secondary N) is 1. The molecule has 1 aromatic carbocycles. The molecule has 0 spiro atoms. The number of hydrogen-bond acceptors (Lipinski definition) is 4. The fraction of sp³-hybridized carbons (Fsp3) is 0.400. The van der Waals surface area contributed by atoms with Crippen LogP contribution in [0.2, 0.25) is 0 Å². The Morgan fingerprint density at radius 1 is 1.30 bits per heavy atom. The molecule has 0 aliphatic carbocycles. The molecule has 1 aromatic heterocycles. The number of carbonyl (C=O) groups is 1. The monoisotopic (exact) mass is 273 g/mol. The van der Waals surface area contributed by atoms with Crippen molar-refractivity contribution in [2.75, 3.05) is 0 Å². The first-order valence-electron chi connectivity index (χ1n) is 6.73. The van der Waals surface area contributed by atoms with Crippen molar-refractivity contribution in [2.24, 2.45) is 0 Å². The Kier molecular flexibility index (Phi) is 4.50. The highest BCUT2D eigenvalue weighted by Gasteiger charge is 2.10. The van der Waals surface area contributed by atoms with Crippen LogP contribution in [-0.2, 0) is 11.2 Å². The van der Waals surface area contributed by atoms with Crippen LogP contribution in [0.15, 0.2) is 28.8 Å². The summed E-state index contributed by atoms with van der Waals surface area (Å²) in [6.07, 6.45) is 0.811. The van der Waals surface area contributed by atoms with Gasteiger partial charge in [-0.3, -0.25) is 4.79 Å². The lowest BCUT2D eigenvalue weighted by atomic mass is 10.1. The summed E-state index contributed by atoms with van der Waals surface area (Å²) in [7, 11) is 0. The molecule has 2 aromatic rings. The number of benzene rings is 1. The molecule has 5 heteroatoms. The van der Waals surface area contributed by atoms with E-state index in [2.05, 4.69) is 15.5 Å². The average molecular weight is 273 g/mol. The maximum atomic E-state index is 11.5. The van der Waals surface area contributed by atoms with Crippen molar-refractivity contribution in [2.45, 2.75) is 39.7 Å². The predicted molar refractivity (Wildman–Crippen MR) is 76.1 cm³/mol. The van der Waals surface area contributed by atoms with Crippen LogP contribution in [0.25, 0.3) is 11.4 Å². The lowest BCUT2D eigenvalue weighted by molar-refractivity contribution is -0.121. The van der Waals surface area contributed by atoms with Crippen LogP contribution >= 0.6 is 0 Å². The zero-order valence-electron chi connectivity index (χ0n) is 12.0. The minimum absolute atomic E-state index is 0.00455. The van der Waals surface area contributed by atoms with Crippen molar-refractivity contribution in [1.29, 1.82) is 0 Å². The Hall–Kier alpha value is -2.17. The molecule has 1 amide bonds. The Morgan fingerprint density at radius 2 is 2.00 bits per heavy atom. The van der Waals surface area contributed by atoms with Crippen LogP contribution in [0.3, 0.4) is 0 Å². The van der Waals surface area contributed by atoms with Crippen molar-refractivity contribution in [1.82, 2.24) is 15.5 Å². The third-order valence-corrected chi connectivity index (χ3v) is 2.79. The third kappa shape index (κ3) is 3.91. The molecule has 0 saturated heterocycles. The number of amides is 1. The summed E-state index contributed by atoms with van der Waals surface area (Å²) in [4.78, 5) is 15.8. The molecule has 0 bridgehead atoms. The van der Waals surface area contributed by atoms with Gasteiger partial charge in [-0.1, -0.05) is 35.0 Å². The van der Waals surface area contributed by atoms with Crippen LogP contribution < -0.4 is 5.32 Å². The fourth-order valence-electron chi connectivity index (χ4n) is 1.79. The largest absolute Gasteiger partial charge is 0.354 e. The van der Waals surface area contributed by atoms with Crippen LogP contribution in [0.1, 0.15) is 31.7 Å². The number of hydrogen-bond donors (Lipinski definition) is 1. The van der Waals surface area contributed by atoms with E-state index in [1.807, 2.05) is 45.0 Å². The molecule has 0 radical (unpaired) electrons. The first-order chi connectivity index (χ1) is 9.54. The Balaban J connectivity index is 1.95. The molecule has 1 N–H and O–H groups in total. The first-order valence-corrected chi connectivity index (χ1v) is 6.73. The molecule has 1 heterocycles. The van der Waals surface area contributed by atoms with Crippen LogP contribution in [0, 0.1) is 6.92 Å². The van der Waals surface area contributed by atoms with Gasteiger partial charge in [-0.25, -0.2) is 0 Å². The molecule has 0 atom stereocenters. The average Bonchev–Trinajstić information content (AvgIpc) is 2.85. The van der Waals surface area contributed by atoms with Gasteiger partial charge in [0, 0.05) is 24.4 Å². The van der Waals surface area contributed by atoms with E-state index in [9.17, 15) is 4.79 Å². The molecule has 0 aliphatic rings. The van der Waals surface area contributed by atoms with Crippen molar-refractivity contribution < 1.29 is 9.32 Å². The van der Waals surface area contributed by atoms with Gasteiger partial charge in [-0.05, 0) is 20.8 Å². The van der Waals surface area contributed by atoms with E-state index < -0.39 is 0 Å². The number of nitrogens with zero attached hydrogens (tertiary/aromatic N) is 2. The summed E-state index contributed by atoms with van der Waals surface area (Å²) in [5.41, 5.74) is 2.10. The Morgan fingerprint density at radius 3 is 2.65 bits per heavy atom. The lowest BCUT2D eigenvalue weighted by Gasteiger charge is -2.06. The maximum absolute atomic E-state index is 11.5. The van der Waals surface area contributed by atoms with Crippen molar-refractivity contribution >= 4 is 5.91 Å². The maximum Gasteiger partial charge on any atom is 0.227 e. The SMILES string of the molecule is Cc1ccc(-c2noc(CCC(=O)NC(C)C)n2)cc1. The lowest BCUT2D eigenvalue weighted by Crippen LogP contribution is -2.30. The van der Waals surface area contributed by atoms with Crippen molar-refractivity contribution in [3.8, 4) is 11.4 Å². The third-order valence-electron chi connectivity index (χ3n) is 2.79. The number of aromatic nitrogens is 2. The highest BCUT2D eigenvalue weighted by molar-refractivity contribution is 5.76. The second kappa shape index (κ2) is 6.32. The summed E-state index contributed by atoms with van der Waals surface area (Å²) in [5.74, 6) is 1.04. The van der Waals surface area contributed by atoms with Gasteiger partial charge in [-0.2, -0.15) is 4.98 Å². The van der Waals surface area contributed by atoms with Crippen LogP contribution in [0.4, 0.5) is 0 Å². The number of aryl methyl sites for hydroxylation is 2. The number of rotatable bonds is 5. The van der Waals surface area contributed by atoms with Gasteiger partial charge in [0.15, 0.2) is 0 Å². The summed E-state index contributed by atoms with van der Waals surface area (Å²) in [6.45, 7) is 5.89. The van der Waals surface area contributed by atoms with E-state index in [0.717, 1.165) is 5.56 Å². The van der Waals surface area contributed by atoms with E-state index in [1.54, 1.807) is 0 Å². The van der Waals surface area contributed by atoms with Gasteiger partial charge >= 0.3 is 0 Å². The van der Waals surface area contributed by atoms with Gasteiger partial charge in [0.25, 0.3) is 0 Å². The molecule has 106 valence electrons. The van der Waals surface area contributed by atoms with E-state index >= 15 is 0 Å². The van der Waals surface area contributed by atoms with E-state index in [0.29, 0.717) is 24.6 Å². The molecule has 0 aliphatic heterocycles. The van der Waals surface area contributed by atoms with Gasteiger partial charge in [0.1, 0.15) is 0 Å². The molecule has 5 nitrogen and oxygen atoms in total. The predicted octanol–water partition coefficient (Wildman–Crippen LogP) is 2.50. The molecule has 0 unspecified atom stereocenters. The molecule has 20 heavy (non-hydrogen) atoms. The van der Waals surface area contributed by atoms with Crippen molar-refractivity contribution in [3.05, 3.63) is 35.7 Å². The zero-order valence-corrected chi connectivity index (χ0v) is 12.0. The van der Waals surface area contributed by atoms with Gasteiger partial charge < -0.3 is 9.84 Å². The quantitative estimate of drug-likeness (QED) is 0.908. The smallest absolute Gasteiger partial charge is 0.227 e. The van der Waals surface area contributed by atoms with E-state index in [1.165, 1.54) is 5.56 Å². The second-order valence-electron chi connectivity index (χ2n) is 5.10. The summed E-state index contributed by atoms with van der Waals surface area (Å²) < 4.78 is 5.16. The number of carbonyl (C=O) groups excluding carboxylic acids is 1. The molecular weight excluding hydrogens is 254 g/mol. The van der Waals surface area contributed by atoms with Crippen LogP contribution in [-0.4, -0.2) is 22.1 Å². The van der Waals surface area contributed by atoms with E-state index in [4.69, 9.17) is 4.52 Å². The second-order valence-corrected chi connectivity index (χ2v) is 5.10. The normalized spacial score (nSPS) is 10.8. The van der Waals surface area contributed by atoms with Gasteiger partial charge in [0.05, 0.1) is 0 Å². The Bertz CT molecular complexity index is 573. The standard InChI is InChI=1S/C15H19N3O2/c1-10(2)16-13(19)8-9-14-17-15(18-20-14)12-6-4-11(3)5-7-12/h4-7,10H,8-9H2,1-3H3,(H,16,19). The van der Waals surface area contributed by atoms with E-state index in [-0.39, 0.29) is 11.9 Å². The highest BCUT2D eigenvalue weighted by Crippen LogP contribution is 2.16. The summed E-state index contributed by atoms with van der Waals surface area (Å²) in [6, 6.07) is 8.06. The van der Waals surface area contributed by atoms with Crippen molar-refractivity contribution in [3.63, 3.8) is 0 Å². The summed E-state index contributed by atoms with van der Waals surface area (Å²) in [5, 5.41) is 6.77. The minimum atomic E-state index is -0.00455. The summed E-state index contributed by atoms with van der Waals surface area (Å²) >= 11 is 0.